The number of guanidine groups is 1. The maximum Gasteiger partial charge on any atom is 0.194 e. The summed E-state index contributed by atoms with van der Waals surface area (Å²) in [5.74, 6) is 2.50. The molecule has 0 bridgehead atoms. The predicted octanol–water partition coefficient (Wildman–Crippen LogP) is 0.937. The van der Waals surface area contributed by atoms with Crippen LogP contribution in [0.1, 0.15) is 17.3 Å². The Bertz CT molecular complexity index is 578. The molecule has 0 spiro atoms. The fourth-order valence-corrected chi connectivity index (χ4v) is 1.78. The first-order valence-electron chi connectivity index (χ1n) is 6.27. The van der Waals surface area contributed by atoms with E-state index < -0.39 is 0 Å². The lowest BCUT2D eigenvalue weighted by molar-refractivity contribution is 0.391. The molecule has 0 aliphatic carbocycles. The SMILES string of the molecule is CN=C(NCc1nnc(C)n1C)N(C)Cc1ccon1.I. The van der Waals surface area contributed by atoms with Crippen molar-refractivity contribution in [3.8, 4) is 0 Å². The van der Waals surface area contributed by atoms with E-state index in [4.69, 9.17) is 4.52 Å². The molecule has 0 fully saturated rings. The van der Waals surface area contributed by atoms with Gasteiger partial charge in [-0.1, -0.05) is 5.16 Å². The van der Waals surface area contributed by atoms with Gasteiger partial charge in [-0.3, -0.25) is 4.99 Å². The maximum atomic E-state index is 4.82. The van der Waals surface area contributed by atoms with Crippen LogP contribution in [0.15, 0.2) is 21.8 Å². The van der Waals surface area contributed by atoms with Gasteiger partial charge < -0.3 is 19.3 Å². The Hall–Kier alpha value is -1.65. The molecule has 0 unspecified atom stereocenters. The van der Waals surface area contributed by atoms with Gasteiger partial charge in [-0.25, -0.2) is 0 Å². The second kappa shape index (κ2) is 7.96. The van der Waals surface area contributed by atoms with Gasteiger partial charge >= 0.3 is 0 Å². The van der Waals surface area contributed by atoms with Crippen molar-refractivity contribution in [3.63, 3.8) is 0 Å². The first kappa shape index (κ1) is 17.4. The van der Waals surface area contributed by atoms with Crippen molar-refractivity contribution in [2.24, 2.45) is 12.0 Å². The van der Waals surface area contributed by atoms with Crippen molar-refractivity contribution in [3.05, 3.63) is 29.7 Å². The topological polar surface area (TPSA) is 84.4 Å². The van der Waals surface area contributed by atoms with E-state index in [1.54, 1.807) is 13.3 Å². The molecule has 0 aliphatic rings. The Morgan fingerprint density at radius 3 is 2.76 bits per heavy atom. The molecule has 0 aromatic carbocycles. The Morgan fingerprint density at radius 2 is 2.24 bits per heavy atom. The normalized spacial score (nSPS) is 11.1. The van der Waals surface area contributed by atoms with E-state index in [1.165, 1.54) is 0 Å². The van der Waals surface area contributed by atoms with Crippen molar-refractivity contribution in [2.45, 2.75) is 20.0 Å². The fraction of sp³-hybridized carbons (Fsp3) is 0.500. The molecule has 0 atom stereocenters. The van der Waals surface area contributed by atoms with Gasteiger partial charge in [-0.2, -0.15) is 0 Å². The van der Waals surface area contributed by atoms with Crippen molar-refractivity contribution in [1.82, 2.24) is 30.1 Å². The van der Waals surface area contributed by atoms with Gasteiger partial charge in [-0.05, 0) is 6.92 Å². The molecule has 8 nitrogen and oxygen atoms in total. The number of aliphatic imine (C=N–C) groups is 1. The summed E-state index contributed by atoms with van der Waals surface area (Å²) >= 11 is 0. The summed E-state index contributed by atoms with van der Waals surface area (Å²) in [6, 6.07) is 1.83. The zero-order chi connectivity index (χ0) is 14.5. The molecule has 21 heavy (non-hydrogen) atoms. The van der Waals surface area contributed by atoms with Crippen LogP contribution in [-0.4, -0.2) is 44.9 Å². The van der Waals surface area contributed by atoms with Crippen LogP contribution >= 0.6 is 24.0 Å². The van der Waals surface area contributed by atoms with E-state index in [0.29, 0.717) is 13.1 Å². The number of rotatable bonds is 4. The van der Waals surface area contributed by atoms with Gasteiger partial charge in [0.2, 0.25) is 0 Å². The zero-order valence-electron chi connectivity index (χ0n) is 12.6. The van der Waals surface area contributed by atoms with Gasteiger partial charge in [0, 0.05) is 27.2 Å². The first-order chi connectivity index (χ1) is 9.61. The number of nitrogens with zero attached hydrogens (tertiary/aromatic N) is 6. The third-order valence-corrected chi connectivity index (χ3v) is 3.05. The highest BCUT2D eigenvalue weighted by molar-refractivity contribution is 14.0. The van der Waals surface area contributed by atoms with Gasteiger partial charge in [0.15, 0.2) is 11.8 Å². The second-order valence-electron chi connectivity index (χ2n) is 4.47. The molecule has 2 rings (SSSR count). The lowest BCUT2D eigenvalue weighted by Crippen LogP contribution is -2.38. The number of hydrogen-bond acceptors (Lipinski definition) is 5. The summed E-state index contributed by atoms with van der Waals surface area (Å²) < 4.78 is 6.76. The van der Waals surface area contributed by atoms with Gasteiger partial charge in [0.05, 0.1) is 13.1 Å². The van der Waals surface area contributed by atoms with Gasteiger partial charge in [-0.15, -0.1) is 34.2 Å². The van der Waals surface area contributed by atoms with Crippen LogP contribution in [0.25, 0.3) is 0 Å². The molecule has 2 aromatic heterocycles. The van der Waals surface area contributed by atoms with Crippen LogP contribution in [0.4, 0.5) is 0 Å². The quantitative estimate of drug-likeness (QED) is 0.463. The fourth-order valence-electron chi connectivity index (χ4n) is 1.78. The highest BCUT2D eigenvalue weighted by atomic mass is 127. The van der Waals surface area contributed by atoms with Crippen LogP contribution in [0.2, 0.25) is 0 Å². The molecule has 9 heteroatoms. The third kappa shape index (κ3) is 4.41. The van der Waals surface area contributed by atoms with Crippen LogP contribution in [-0.2, 0) is 20.1 Å². The van der Waals surface area contributed by atoms with E-state index in [2.05, 4.69) is 25.7 Å². The molecule has 0 aliphatic heterocycles. The monoisotopic (exact) mass is 405 g/mol. The minimum absolute atomic E-state index is 0. The summed E-state index contributed by atoms with van der Waals surface area (Å²) in [6.07, 6.45) is 1.56. The van der Waals surface area contributed by atoms with E-state index >= 15 is 0 Å². The van der Waals surface area contributed by atoms with E-state index in [9.17, 15) is 0 Å². The average molecular weight is 405 g/mol. The minimum atomic E-state index is 0. The lowest BCUT2D eigenvalue weighted by Gasteiger charge is -2.20. The van der Waals surface area contributed by atoms with Crippen LogP contribution < -0.4 is 5.32 Å². The molecule has 1 N–H and O–H groups in total. The molecule has 0 amide bonds. The summed E-state index contributed by atoms with van der Waals surface area (Å²) in [6.45, 7) is 3.10. The number of aromatic nitrogens is 4. The highest BCUT2D eigenvalue weighted by Crippen LogP contribution is 2.01. The molecular formula is C12H20IN7O. The standard InChI is InChI=1S/C12H19N7O.HI/c1-9-15-16-11(19(9)4)7-14-12(13-2)18(3)8-10-5-6-20-17-10;/h5-6H,7-8H2,1-4H3,(H,13,14);1H. The molecule has 0 radical (unpaired) electrons. The van der Waals surface area contributed by atoms with Crippen molar-refractivity contribution >= 4 is 29.9 Å². The first-order valence-corrected chi connectivity index (χ1v) is 6.27. The van der Waals surface area contributed by atoms with Crippen molar-refractivity contribution < 1.29 is 4.52 Å². The highest BCUT2D eigenvalue weighted by Gasteiger charge is 2.10. The molecule has 0 saturated carbocycles. The third-order valence-electron chi connectivity index (χ3n) is 3.05. The maximum absolute atomic E-state index is 4.82. The average Bonchev–Trinajstić information content (AvgIpc) is 3.04. The number of hydrogen-bond donors (Lipinski definition) is 1. The van der Waals surface area contributed by atoms with Crippen molar-refractivity contribution in [1.29, 1.82) is 0 Å². The van der Waals surface area contributed by atoms with Gasteiger partial charge in [0.25, 0.3) is 0 Å². The number of halogens is 1. The van der Waals surface area contributed by atoms with E-state index in [1.807, 2.05) is 36.6 Å². The lowest BCUT2D eigenvalue weighted by atomic mass is 10.4. The number of nitrogens with one attached hydrogen (secondary N) is 1. The van der Waals surface area contributed by atoms with E-state index in [0.717, 1.165) is 23.3 Å². The summed E-state index contributed by atoms with van der Waals surface area (Å²) in [4.78, 5) is 6.20. The Kier molecular flexibility index (Phi) is 6.59. The minimum Gasteiger partial charge on any atom is -0.364 e. The smallest absolute Gasteiger partial charge is 0.194 e. The molecule has 116 valence electrons. The summed E-state index contributed by atoms with van der Waals surface area (Å²) in [5.41, 5.74) is 0.852. The van der Waals surface area contributed by atoms with E-state index in [-0.39, 0.29) is 24.0 Å². The Labute approximate surface area is 140 Å². The summed E-state index contributed by atoms with van der Waals surface area (Å²) in [7, 11) is 5.61. The van der Waals surface area contributed by atoms with Crippen LogP contribution in [0.3, 0.4) is 0 Å². The number of aryl methyl sites for hydroxylation is 1. The van der Waals surface area contributed by atoms with Crippen LogP contribution in [0.5, 0.6) is 0 Å². The Morgan fingerprint density at radius 1 is 1.48 bits per heavy atom. The summed E-state index contributed by atoms with van der Waals surface area (Å²) in [5, 5.41) is 15.3. The molecule has 2 heterocycles. The second-order valence-corrected chi connectivity index (χ2v) is 4.47. The van der Waals surface area contributed by atoms with Crippen molar-refractivity contribution in [2.75, 3.05) is 14.1 Å². The predicted molar refractivity (Wildman–Crippen MR) is 89.3 cm³/mol. The Balaban J connectivity index is 0.00000220. The van der Waals surface area contributed by atoms with Crippen LogP contribution in [0, 0.1) is 6.92 Å². The van der Waals surface area contributed by atoms with Gasteiger partial charge in [0.1, 0.15) is 17.8 Å². The largest absolute Gasteiger partial charge is 0.364 e. The molecule has 0 saturated heterocycles. The molecule has 2 aromatic rings. The zero-order valence-corrected chi connectivity index (χ0v) is 14.9. The molecular weight excluding hydrogens is 385 g/mol.